The van der Waals surface area contributed by atoms with Gasteiger partial charge in [-0.1, -0.05) is 54.1 Å². The Hall–Kier alpha value is -3.02. The Balaban J connectivity index is 1.34. The summed E-state index contributed by atoms with van der Waals surface area (Å²) in [5, 5.41) is 5.65. The molecule has 0 unspecified atom stereocenters. The number of likely N-dealkylation sites (tertiary alicyclic amines) is 1. The summed E-state index contributed by atoms with van der Waals surface area (Å²) in [6, 6.07) is 22.7. The van der Waals surface area contributed by atoms with Gasteiger partial charge >= 0.3 is 0 Å². The van der Waals surface area contributed by atoms with E-state index in [-0.39, 0.29) is 0 Å². The van der Waals surface area contributed by atoms with E-state index in [1.165, 1.54) is 11.3 Å². The van der Waals surface area contributed by atoms with Crippen LogP contribution in [0.1, 0.15) is 30.0 Å². The highest BCUT2D eigenvalue weighted by molar-refractivity contribution is 6.30. The van der Waals surface area contributed by atoms with E-state index in [0.717, 1.165) is 61.0 Å². The zero-order valence-corrected chi connectivity index (χ0v) is 18.7. The standard InChI is InChI=1S/C26H26ClN5/c27-23-8-6-21(7-9-23)24-18-25(32(30-24)26-10-14-28-19-29-26)22-12-16-31(17-13-22)15-11-20-4-2-1-3-5-20/h1-10,14,18-19,22H,11-13,15-17H2. The molecule has 0 N–H and O–H groups in total. The molecule has 5 rings (SSSR count). The molecule has 1 saturated heterocycles. The highest BCUT2D eigenvalue weighted by Gasteiger charge is 2.25. The smallest absolute Gasteiger partial charge is 0.156 e. The first kappa shape index (κ1) is 20.9. The van der Waals surface area contributed by atoms with Crippen molar-refractivity contribution in [3.05, 3.63) is 95.5 Å². The number of rotatable bonds is 6. The molecule has 2 aromatic carbocycles. The maximum atomic E-state index is 6.08. The molecule has 5 nitrogen and oxygen atoms in total. The highest BCUT2D eigenvalue weighted by Crippen LogP contribution is 2.32. The predicted molar refractivity (Wildman–Crippen MR) is 128 cm³/mol. The zero-order chi connectivity index (χ0) is 21.8. The summed E-state index contributed by atoms with van der Waals surface area (Å²) in [6.07, 6.45) is 6.68. The predicted octanol–water partition coefficient (Wildman–Crippen LogP) is 5.40. The molecule has 0 radical (unpaired) electrons. The van der Waals surface area contributed by atoms with E-state index in [1.807, 2.05) is 35.0 Å². The number of halogens is 1. The Bertz CT molecular complexity index is 1130. The van der Waals surface area contributed by atoms with E-state index in [1.54, 1.807) is 12.5 Å². The summed E-state index contributed by atoms with van der Waals surface area (Å²) in [6.45, 7) is 3.31. The highest BCUT2D eigenvalue weighted by atomic mass is 35.5. The molecule has 3 heterocycles. The number of benzene rings is 2. The summed E-state index contributed by atoms with van der Waals surface area (Å²) in [5.74, 6) is 1.26. The van der Waals surface area contributed by atoms with Crippen molar-refractivity contribution in [3.8, 4) is 17.1 Å². The maximum Gasteiger partial charge on any atom is 0.156 e. The van der Waals surface area contributed by atoms with Crippen molar-refractivity contribution in [2.75, 3.05) is 19.6 Å². The van der Waals surface area contributed by atoms with Crippen LogP contribution in [0.2, 0.25) is 5.02 Å². The lowest BCUT2D eigenvalue weighted by molar-refractivity contribution is 0.212. The molecule has 0 bridgehead atoms. The molecular formula is C26H26ClN5. The first-order valence-corrected chi connectivity index (χ1v) is 11.5. The van der Waals surface area contributed by atoms with Crippen molar-refractivity contribution in [2.24, 2.45) is 0 Å². The molecule has 0 amide bonds. The minimum atomic E-state index is 0.450. The van der Waals surface area contributed by atoms with Gasteiger partial charge in [0.1, 0.15) is 6.33 Å². The van der Waals surface area contributed by atoms with Gasteiger partial charge in [-0.05, 0) is 56.1 Å². The van der Waals surface area contributed by atoms with Crippen molar-refractivity contribution in [2.45, 2.75) is 25.2 Å². The van der Waals surface area contributed by atoms with Crippen molar-refractivity contribution in [1.29, 1.82) is 0 Å². The fourth-order valence-corrected chi connectivity index (χ4v) is 4.55. The van der Waals surface area contributed by atoms with Crippen LogP contribution in [0.3, 0.4) is 0 Å². The number of hydrogen-bond acceptors (Lipinski definition) is 4. The Morgan fingerprint density at radius 2 is 1.72 bits per heavy atom. The molecular weight excluding hydrogens is 418 g/mol. The minimum Gasteiger partial charge on any atom is -0.303 e. The third-order valence-electron chi connectivity index (χ3n) is 6.23. The molecule has 1 aliphatic heterocycles. The van der Waals surface area contributed by atoms with Gasteiger partial charge in [-0.3, -0.25) is 0 Å². The van der Waals surface area contributed by atoms with Crippen molar-refractivity contribution >= 4 is 11.6 Å². The molecule has 0 atom stereocenters. The van der Waals surface area contributed by atoms with Gasteiger partial charge < -0.3 is 4.90 Å². The van der Waals surface area contributed by atoms with Gasteiger partial charge in [0.25, 0.3) is 0 Å². The van der Waals surface area contributed by atoms with Crippen LogP contribution in [-0.4, -0.2) is 44.3 Å². The normalized spacial score (nSPS) is 15.2. The van der Waals surface area contributed by atoms with Crippen LogP contribution in [0, 0.1) is 0 Å². The number of piperidine rings is 1. The molecule has 0 spiro atoms. The lowest BCUT2D eigenvalue weighted by Crippen LogP contribution is -2.35. The van der Waals surface area contributed by atoms with E-state index in [0.29, 0.717) is 5.92 Å². The van der Waals surface area contributed by atoms with Crippen LogP contribution in [0.4, 0.5) is 0 Å². The second-order valence-electron chi connectivity index (χ2n) is 8.29. The number of hydrogen-bond donors (Lipinski definition) is 0. The monoisotopic (exact) mass is 443 g/mol. The molecule has 2 aromatic heterocycles. The lowest BCUT2D eigenvalue weighted by atomic mass is 9.92. The van der Waals surface area contributed by atoms with Gasteiger partial charge in [-0.2, -0.15) is 5.10 Å². The van der Waals surface area contributed by atoms with Crippen LogP contribution >= 0.6 is 11.6 Å². The van der Waals surface area contributed by atoms with Gasteiger partial charge in [-0.25, -0.2) is 14.6 Å². The van der Waals surface area contributed by atoms with Crippen molar-refractivity contribution in [3.63, 3.8) is 0 Å². The van der Waals surface area contributed by atoms with Crippen LogP contribution in [0.5, 0.6) is 0 Å². The summed E-state index contributed by atoms with van der Waals surface area (Å²) >= 11 is 6.08. The second kappa shape index (κ2) is 9.63. The molecule has 6 heteroatoms. The zero-order valence-electron chi connectivity index (χ0n) is 17.9. The van der Waals surface area contributed by atoms with Gasteiger partial charge in [0.05, 0.1) is 5.69 Å². The topological polar surface area (TPSA) is 46.8 Å². The van der Waals surface area contributed by atoms with E-state index < -0.39 is 0 Å². The SMILES string of the molecule is Clc1ccc(-c2cc(C3CCN(CCc4ccccc4)CC3)n(-c3ccncn3)n2)cc1. The Morgan fingerprint density at radius 1 is 0.938 bits per heavy atom. The maximum absolute atomic E-state index is 6.08. The van der Waals surface area contributed by atoms with Crippen LogP contribution in [-0.2, 0) is 6.42 Å². The number of nitrogens with zero attached hydrogens (tertiary/aromatic N) is 5. The largest absolute Gasteiger partial charge is 0.303 e. The number of aromatic nitrogens is 4. The van der Waals surface area contributed by atoms with Crippen LogP contribution in [0.25, 0.3) is 17.1 Å². The minimum absolute atomic E-state index is 0.450. The molecule has 1 aliphatic rings. The van der Waals surface area contributed by atoms with Gasteiger partial charge in [-0.15, -0.1) is 0 Å². The molecule has 32 heavy (non-hydrogen) atoms. The Labute approximate surface area is 193 Å². The first-order valence-electron chi connectivity index (χ1n) is 11.1. The third-order valence-corrected chi connectivity index (χ3v) is 6.48. The fraction of sp³-hybridized carbons (Fsp3) is 0.269. The van der Waals surface area contributed by atoms with E-state index >= 15 is 0 Å². The van der Waals surface area contributed by atoms with E-state index in [9.17, 15) is 0 Å². The average molecular weight is 444 g/mol. The molecule has 0 aliphatic carbocycles. The quantitative estimate of drug-likeness (QED) is 0.400. The van der Waals surface area contributed by atoms with E-state index in [4.69, 9.17) is 16.7 Å². The first-order chi connectivity index (χ1) is 15.8. The molecule has 162 valence electrons. The van der Waals surface area contributed by atoms with Crippen LogP contribution in [0.15, 0.2) is 79.3 Å². The van der Waals surface area contributed by atoms with Crippen LogP contribution < -0.4 is 0 Å². The summed E-state index contributed by atoms with van der Waals surface area (Å²) in [7, 11) is 0. The summed E-state index contributed by atoms with van der Waals surface area (Å²) < 4.78 is 2.00. The molecule has 4 aromatic rings. The lowest BCUT2D eigenvalue weighted by Gasteiger charge is -2.32. The Morgan fingerprint density at radius 3 is 2.44 bits per heavy atom. The summed E-state index contributed by atoms with van der Waals surface area (Å²) in [5.41, 5.74) is 4.63. The summed E-state index contributed by atoms with van der Waals surface area (Å²) in [4.78, 5) is 11.1. The molecule has 1 fully saturated rings. The van der Waals surface area contributed by atoms with E-state index in [2.05, 4.69) is 51.3 Å². The Kier molecular flexibility index (Phi) is 6.28. The average Bonchev–Trinajstić information content (AvgIpc) is 3.30. The van der Waals surface area contributed by atoms with Gasteiger partial charge in [0.15, 0.2) is 5.82 Å². The van der Waals surface area contributed by atoms with Crippen molar-refractivity contribution < 1.29 is 0 Å². The van der Waals surface area contributed by atoms with Gasteiger partial charge in [0.2, 0.25) is 0 Å². The fourth-order valence-electron chi connectivity index (χ4n) is 4.42. The van der Waals surface area contributed by atoms with Gasteiger partial charge in [0, 0.05) is 41.0 Å². The van der Waals surface area contributed by atoms with Crippen molar-refractivity contribution in [1.82, 2.24) is 24.6 Å². The second-order valence-corrected chi connectivity index (χ2v) is 8.73. The molecule has 0 saturated carbocycles. The third kappa shape index (κ3) is 4.74.